The smallest absolute Gasteiger partial charge is 0.340 e. The van der Waals surface area contributed by atoms with Gasteiger partial charge in [0.2, 0.25) is 0 Å². The van der Waals surface area contributed by atoms with Crippen molar-refractivity contribution in [3.05, 3.63) is 33.8 Å². The van der Waals surface area contributed by atoms with Crippen molar-refractivity contribution < 1.29 is 19.1 Å². The Bertz CT molecular complexity index is 515. The molecular formula is C13H13Cl2NO4. The van der Waals surface area contributed by atoms with E-state index in [1.165, 1.54) is 6.07 Å². The highest BCUT2D eigenvalue weighted by Gasteiger charge is 2.20. The molecule has 0 saturated carbocycles. The summed E-state index contributed by atoms with van der Waals surface area (Å²) in [6.45, 7) is 1.70. The summed E-state index contributed by atoms with van der Waals surface area (Å²) in [5.74, 6) is -0.918. The van der Waals surface area contributed by atoms with E-state index in [0.29, 0.717) is 26.3 Å². The molecule has 0 unspecified atom stereocenters. The van der Waals surface area contributed by atoms with Gasteiger partial charge in [-0.3, -0.25) is 4.79 Å². The summed E-state index contributed by atoms with van der Waals surface area (Å²) in [5.41, 5.74) is 0.147. The summed E-state index contributed by atoms with van der Waals surface area (Å²) in [7, 11) is 0. The minimum Gasteiger partial charge on any atom is -0.452 e. The van der Waals surface area contributed by atoms with Crippen LogP contribution in [0.15, 0.2) is 18.2 Å². The van der Waals surface area contributed by atoms with Crippen molar-refractivity contribution in [3.63, 3.8) is 0 Å². The van der Waals surface area contributed by atoms with Gasteiger partial charge in [0.15, 0.2) is 6.61 Å². The second-order valence-electron chi connectivity index (χ2n) is 4.17. The monoisotopic (exact) mass is 317 g/mol. The van der Waals surface area contributed by atoms with Gasteiger partial charge in [0.25, 0.3) is 5.91 Å². The second kappa shape index (κ2) is 6.92. The molecule has 7 heteroatoms. The number of halogens is 2. The number of morpholine rings is 1. The van der Waals surface area contributed by atoms with Crippen LogP contribution in [0.25, 0.3) is 0 Å². The van der Waals surface area contributed by atoms with Crippen molar-refractivity contribution in [2.45, 2.75) is 0 Å². The second-order valence-corrected chi connectivity index (χ2v) is 4.96. The van der Waals surface area contributed by atoms with Crippen LogP contribution in [-0.4, -0.2) is 49.7 Å². The van der Waals surface area contributed by atoms with Gasteiger partial charge in [0.05, 0.1) is 28.8 Å². The Labute approximate surface area is 126 Å². The lowest BCUT2D eigenvalue weighted by atomic mass is 10.2. The first-order valence-corrected chi connectivity index (χ1v) is 6.82. The molecule has 0 N–H and O–H groups in total. The zero-order valence-electron chi connectivity index (χ0n) is 10.6. The molecule has 1 aliphatic heterocycles. The van der Waals surface area contributed by atoms with Gasteiger partial charge < -0.3 is 14.4 Å². The highest BCUT2D eigenvalue weighted by atomic mass is 35.5. The van der Waals surface area contributed by atoms with Crippen molar-refractivity contribution in [2.24, 2.45) is 0 Å². The van der Waals surface area contributed by atoms with Crippen molar-refractivity contribution >= 4 is 35.1 Å². The minimum atomic E-state index is -0.667. The number of carbonyl (C=O) groups is 2. The normalized spacial score (nSPS) is 15.0. The predicted octanol–water partition coefficient (Wildman–Crippen LogP) is 2.01. The number of amides is 1. The van der Waals surface area contributed by atoms with E-state index in [4.69, 9.17) is 32.7 Å². The SMILES string of the molecule is O=C(OCC(=O)N1CCOCC1)c1cccc(Cl)c1Cl. The van der Waals surface area contributed by atoms with Gasteiger partial charge in [-0.2, -0.15) is 0 Å². The number of rotatable bonds is 3. The molecule has 1 heterocycles. The molecular weight excluding hydrogens is 305 g/mol. The van der Waals surface area contributed by atoms with Gasteiger partial charge >= 0.3 is 5.97 Å². The fourth-order valence-electron chi connectivity index (χ4n) is 1.77. The Morgan fingerprint density at radius 2 is 1.95 bits per heavy atom. The molecule has 1 aliphatic rings. The molecule has 0 aliphatic carbocycles. The zero-order valence-corrected chi connectivity index (χ0v) is 12.1. The van der Waals surface area contributed by atoms with Crippen LogP contribution in [-0.2, 0) is 14.3 Å². The van der Waals surface area contributed by atoms with Crippen molar-refractivity contribution in [3.8, 4) is 0 Å². The topological polar surface area (TPSA) is 55.8 Å². The standard InChI is InChI=1S/C13H13Cl2NO4/c14-10-3-1-2-9(12(10)15)13(18)20-8-11(17)16-4-6-19-7-5-16/h1-3H,4-8H2. The number of nitrogens with zero attached hydrogens (tertiary/aromatic N) is 1. The van der Waals surface area contributed by atoms with E-state index in [0.717, 1.165) is 0 Å². The fourth-order valence-corrected chi connectivity index (χ4v) is 2.15. The number of esters is 1. The Hall–Kier alpha value is -1.30. The Morgan fingerprint density at radius 3 is 2.65 bits per heavy atom. The lowest BCUT2D eigenvalue weighted by Crippen LogP contribution is -2.42. The minimum absolute atomic E-state index is 0.123. The Balaban J connectivity index is 1.91. The number of ether oxygens (including phenoxy) is 2. The molecule has 0 atom stereocenters. The number of carbonyl (C=O) groups excluding carboxylic acids is 2. The van der Waals surface area contributed by atoms with Crippen molar-refractivity contribution in [1.29, 1.82) is 0 Å². The lowest BCUT2D eigenvalue weighted by molar-refractivity contribution is -0.138. The van der Waals surface area contributed by atoms with E-state index in [-0.39, 0.29) is 28.1 Å². The zero-order chi connectivity index (χ0) is 14.5. The summed E-state index contributed by atoms with van der Waals surface area (Å²) >= 11 is 11.7. The van der Waals surface area contributed by atoms with Crippen LogP contribution in [0.2, 0.25) is 10.0 Å². The first-order chi connectivity index (χ1) is 9.59. The summed E-state index contributed by atoms with van der Waals surface area (Å²) in [5, 5.41) is 0.388. The number of hydrogen-bond donors (Lipinski definition) is 0. The van der Waals surface area contributed by atoms with Gasteiger partial charge in [-0.1, -0.05) is 29.3 Å². The van der Waals surface area contributed by atoms with Crippen LogP contribution in [0, 0.1) is 0 Å². The van der Waals surface area contributed by atoms with E-state index in [2.05, 4.69) is 0 Å². The third-order valence-electron chi connectivity index (χ3n) is 2.86. The fraction of sp³-hybridized carbons (Fsp3) is 0.385. The van der Waals surface area contributed by atoms with E-state index < -0.39 is 5.97 Å². The highest BCUT2D eigenvalue weighted by molar-refractivity contribution is 6.43. The van der Waals surface area contributed by atoms with Gasteiger partial charge in [-0.05, 0) is 12.1 Å². The maximum Gasteiger partial charge on any atom is 0.340 e. The summed E-state index contributed by atoms with van der Waals surface area (Å²) < 4.78 is 10.1. The number of benzene rings is 1. The molecule has 1 aromatic carbocycles. The molecule has 20 heavy (non-hydrogen) atoms. The van der Waals surface area contributed by atoms with Gasteiger partial charge in [0.1, 0.15) is 0 Å². The molecule has 1 amide bonds. The van der Waals surface area contributed by atoms with Crippen LogP contribution in [0.4, 0.5) is 0 Å². The molecule has 5 nitrogen and oxygen atoms in total. The van der Waals surface area contributed by atoms with E-state index in [1.807, 2.05) is 0 Å². The summed E-state index contributed by atoms with van der Waals surface area (Å²) in [6.07, 6.45) is 0. The molecule has 1 saturated heterocycles. The van der Waals surface area contributed by atoms with E-state index in [1.54, 1.807) is 17.0 Å². The summed E-state index contributed by atoms with van der Waals surface area (Å²) in [6, 6.07) is 4.66. The summed E-state index contributed by atoms with van der Waals surface area (Å²) in [4.78, 5) is 25.3. The average Bonchev–Trinajstić information content (AvgIpc) is 2.48. The Kier molecular flexibility index (Phi) is 5.23. The van der Waals surface area contributed by atoms with Crippen LogP contribution < -0.4 is 0 Å². The predicted molar refractivity (Wildman–Crippen MR) is 74.1 cm³/mol. The van der Waals surface area contributed by atoms with Gasteiger partial charge in [-0.25, -0.2) is 4.79 Å². The maximum absolute atomic E-state index is 11.8. The van der Waals surface area contributed by atoms with Crippen LogP contribution in [0.3, 0.4) is 0 Å². The van der Waals surface area contributed by atoms with Gasteiger partial charge in [-0.15, -0.1) is 0 Å². The molecule has 2 rings (SSSR count). The van der Waals surface area contributed by atoms with Crippen molar-refractivity contribution in [1.82, 2.24) is 4.90 Å². The van der Waals surface area contributed by atoms with Crippen LogP contribution in [0.5, 0.6) is 0 Å². The average molecular weight is 318 g/mol. The molecule has 0 aromatic heterocycles. The van der Waals surface area contributed by atoms with E-state index in [9.17, 15) is 9.59 Å². The van der Waals surface area contributed by atoms with E-state index >= 15 is 0 Å². The van der Waals surface area contributed by atoms with Crippen LogP contribution >= 0.6 is 23.2 Å². The third-order valence-corrected chi connectivity index (χ3v) is 3.68. The largest absolute Gasteiger partial charge is 0.452 e. The van der Waals surface area contributed by atoms with Gasteiger partial charge in [0, 0.05) is 13.1 Å². The van der Waals surface area contributed by atoms with Crippen LogP contribution in [0.1, 0.15) is 10.4 Å². The first-order valence-electron chi connectivity index (χ1n) is 6.06. The molecule has 0 spiro atoms. The lowest BCUT2D eigenvalue weighted by Gasteiger charge is -2.26. The highest BCUT2D eigenvalue weighted by Crippen LogP contribution is 2.25. The molecule has 0 radical (unpaired) electrons. The number of hydrogen-bond acceptors (Lipinski definition) is 4. The quantitative estimate of drug-likeness (QED) is 0.800. The molecule has 108 valence electrons. The first kappa shape index (κ1) is 15.1. The Morgan fingerprint density at radius 1 is 1.25 bits per heavy atom. The van der Waals surface area contributed by atoms with Crippen molar-refractivity contribution in [2.75, 3.05) is 32.9 Å². The maximum atomic E-state index is 11.8. The molecule has 0 bridgehead atoms. The molecule has 1 fully saturated rings. The molecule has 1 aromatic rings. The third kappa shape index (κ3) is 3.62.